The largest absolute Gasteiger partial charge is 0.508 e. The molecule has 0 aliphatic heterocycles. The molecule has 0 heterocycles. The second-order valence-electron chi connectivity index (χ2n) is 12.2. The number of hydrogen-bond donors (Lipinski definition) is 1. The molecule has 1 aromatic carbocycles. The normalized spacial score (nSPS) is 11.9. The van der Waals surface area contributed by atoms with Crippen molar-refractivity contribution < 1.29 is 5.11 Å². The molecule has 34 heavy (non-hydrogen) atoms. The molecule has 0 aliphatic carbocycles. The Morgan fingerprint density at radius 2 is 0.853 bits per heavy atom. The first-order valence-corrected chi connectivity index (χ1v) is 15.1. The molecule has 0 saturated carbocycles. The molecule has 0 radical (unpaired) electrons. The Morgan fingerprint density at radius 1 is 0.471 bits per heavy atom. The minimum atomic E-state index is 0.553. The van der Waals surface area contributed by atoms with E-state index < -0.39 is 0 Å². The van der Waals surface area contributed by atoms with Gasteiger partial charge in [-0.25, -0.2) is 0 Å². The maximum absolute atomic E-state index is 10.8. The standard InChI is InChI=1S/C33H60O/c1-27(2)19-13-7-10-16-22-30-25-26-33(34)32(24-18-12-9-15-21-29(5)6)31(30)23-17-11-8-14-20-28(3)4/h25-29,34H,7-24H2,1-6H3. The van der Waals surface area contributed by atoms with Crippen LogP contribution in [0.4, 0.5) is 0 Å². The molecule has 0 atom stereocenters. The van der Waals surface area contributed by atoms with Crippen LogP contribution in [0.3, 0.4) is 0 Å². The molecule has 198 valence electrons. The van der Waals surface area contributed by atoms with E-state index >= 15 is 0 Å². The van der Waals surface area contributed by atoms with Gasteiger partial charge in [-0.2, -0.15) is 0 Å². The van der Waals surface area contributed by atoms with Gasteiger partial charge in [-0.05, 0) is 79.0 Å². The highest BCUT2D eigenvalue weighted by Crippen LogP contribution is 2.30. The Labute approximate surface area is 214 Å². The molecule has 1 nitrogen and oxygen atoms in total. The van der Waals surface area contributed by atoms with Crippen LogP contribution in [0.25, 0.3) is 0 Å². The fourth-order valence-corrected chi connectivity index (χ4v) is 5.19. The molecule has 1 heteroatoms. The molecule has 0 unspecified atom stereocenters. The van der Waals surface area contributed by atoms with E-state index in [9.17, 15) is 5.11 Å². The summed E-state index contributed by atoms with van der Waals surface area (Å²) in [7, 11) is 0. The van der Waals surface area contributed by atoms with Gasteiger partial charge in [-0.1, -0.05) is 125 Å². The lowest BCUT2D eigenvalue weighted by atomic mass is 9.89. The highest BCUT2D eigenvalue weighted by Gasteiger charge is 2.13. The van der Waals surface area contributed by atoms with Crippen molar-refractivity contribution in [2.24, 2.45) is 17.8 Å². The van der Waals surface area contributed by atoms with Crippen LogP contribution in [0.15, 0.2) is 12.1 Å². The van der Waals surface area contributed by atoms with Gasteiger partial charge in [0.1, 0.15) is 5.75 Å². The average molecular weight is 473 g/mol. The molecular weight excluding hydrogens is 412 g/mol. The van der Waals surface area contributed by atoms with E-state index in [-0.39, 0.29) is 0 Å². The molecule has 1 aromatic rings. The first-order valence-electron chi connectivity index (χ1n) is 15.1. The van der Waals surface area contributed by atoms with Crippen molar-refractivity contribution >= 4 is 0 Å². The number of phenolic OH excluding ortho intramolecular Hbond substituents is 1. The molecular formula is C33H60O. The molecule has 0 spiro atoms. The lowest BCUT2D eigenvalue weighted by molar-refractivity contribution is 0.462. The molecule has 0 aromatic heterocycles. The Bertz CT molecular complexity index is 613. The fourth-order valence-electron chi connectivity index (χ4n) is 5.19. The summed E-state index contributed by atoms with van der Waals surface area (Å²) < 4.78 is 0. The average Bonchev–Trinajstić information content (AvgIpc) is 2.77. The van der Waals surface area contributed by atoms with Gasteiger partial charge in [0.15, 0.2) is 0 Å². The van der Waals surface area contributed by atoms with Crippen LogP contribution in [0.5, 0.6) is 5.75 Å². The van der Waals surface area contributed by atoms with Crippen molar-refractivity contribution in [1.82, 2.24) is 0 Å². The van der Waals surface area contributed by atoms with Crippen molar-refractivity contribution in [3.8, 4) is 5.75 Å². The first kappa shape index (κ1) is 31.1. The van der Waals surface area contributed by atoms with Gasteiger partial charge in [0, 0.05) is 0 Å². The predicted molar refractivity (Wildman–Crippen MR) is 153 cm³/mol. The van der Waals surface area contributed by atoms with Crippen LogP contribution in [0, 0.1) is 17.8 Å². The zero-order valence-electron chi connectivity index (χ0n) is 24.1. The van der Waals surface area contributed by atoms with Crippen molar-refractivity contribution in [2.45, 2.75) is 157 Å². The molecule has 1 N–H and O–H groups in total. The summed E-state index contributed by atoms with van der Waals surface area (Å²) in [4.78, 5) is 0. The molecule has 0 amide bonds. The smallest absolute Gasteiger partial charge is 0.119 e. The highest BCUT2D eigenvalue weighted by molar-refractivity contribution is 5.45. The third-order valence-corrected chi connectivity index (χ3v) is 7.40. The zero-order chi connectivity index (χ0) is 25.2. The third kappa shape index (κ3) is 15.1. The first-order chi connectivity index (χ1) is 16.3. The fraction of sp³-hybridized carbons (Fsp3) is 0.818. The van der Waals surface area contributed by atoms with Gasteiger partial charge >= 0.3 is 0 Å². The van der Waals surface area contributed by atoms with Gasteiger partial charge in [0.05, 0.1) is 0 Å². The Balaban J connectivity index is 2.66. The monoisotopic (exact) mass is 472 g/mol. The van der Waals surface area contributed by atoms with E-state index in [0.717, 1.165) is 30.6 Å². The van der Waals surface area contributed by atoms with Crippen LogP contribution in [0.1, 0.15) is 155 Å². The summed E-state index contributed by atoms with van der Waals surface area (Å²) in [6.45, 7) is 14.0. The van der Waals surface area contributed by atoms with Gasteiger partial charge in [0.25, 0.3) is 0 Å². The van der Waals surface area contributed by atoms with Crippen molar-refractivity contribution in [2.75, 3.05) is 0 Å². The predicted octanol–water partition coefficient (Wildman–Crippen LogP) is 10.8. The number of aryl methyl sites for hydroxylation is 1. The Morgan fingerprint density at radius 3 is 1.29 bits per heavy atom. The Kier molecular flexibility index (Phi) is 17.6. The minimum absolute atomic E-state index is 0.553. The lowest BCUT2D eigenvalue weighted by Gasteiger charge is -2.17. The number of rotatable bonds is 21. The van der Waals surface area contributed by atoms with Crippen molar-refractivity contribution in [3.63, 3.8) is 0 Å². The molecule has 0 aliphatic rings. The number of hydrogen-bond acceptors (Lipinski definition) is 1. The van der Waals surface area contributed by atoms with E-state index in [0.29, 0.717) is 5.75 Å². The van der Waals surface area contributed by atoms with E-state index in [1.54, 1.807) is 0 Å². The maximum atomic E-state index is 10.8. The number of unbranched alkanes of at least 4 members (excludes halogenated alkanes) is 9. The second-order valence-corrected chi connectivity index (χ2v) is 12.2. The minimum Gasteiger partial charge on any atom is -0.508 e. The SMILES string of the molecule is CC(C)CCCCCCc1ccc(O)c(CCCCCCC(C)C)c1CCCCCCC(C)C. The molecule has 0 saturated heterocycles. The summed E-state index contributed by atoms with van der Waals surface area (Å²) in [6, 6.07) is 4.23. The van der Waals surface area contributed by atoms with Crippen molar-refractivity contribution in [1.29, 1.82) is 0 Å². The van der Waals surface area contributed by atoms with E-state index in [4.69, 9.17) is 0 Å². The van der Waals surface area contributed by atoms with E-state index in [1.807, 2.05) is 6.07 Å². The third-order valence-electron chi connectivity index (χ3n) is 7.40. The zero-order valence-corrected chi connectivity index (χ0v) is 24.1. The van der Waals surface area contributed by atoms with E-state index in [1.165, 1.54) is 119 Å². The van der Waals surface area contributed by atoms with Crippen LogP contribution in [-0.2, 0) is 19.3 Å². The number of aromatic hydroxyl groups is 1. The molecule has 0 fully saturated rings. The summed E-state index contributed by atoms with van der Waals surface area (Å²) in [5, 5.41) is 10.8. The van der Waals surface area contributed by atoms with Gasteiger partial charge in [-0.15, -0.1) is 0 Å². The van der Waals surface area contributed by atoms with Crippen LogP contribution >= 0.6 is 0 Å². The van der Waals surface area contributed by atoms with Gasteiger partial charge in [-0.3, -0.25) is 0 Å². The summed E-state index contributed by atoms with van der Waals surface area (Å²) in [5.41, 5.74) is 4.32. The van der Waals surface area contributed by atoms with E-state index in [2.05, 4.69) is 47.6 Å². The summed E-state index contributed by atoms with van der Waals surface area (Å²) >= 11 is 0. The number of benzene rings is 1. The van der Waals surface area contributed by atoms with Crippen LogP contribution in [-0.4, -0.2) is 5.11 Å². The Hall–Kier alpha value is -0.980. The van der Waals surface area contributed by atoms with Crippen LogP contribution in [0.2, 0.25) is 0 Å². The summed E-state index contributed by atoms with van der Waals surface area (Å²) in [5.74, 6) is 3.03. The molecule has 1 rings (SSSR count). The van der Waals surface area contributed by atoms with Crippen molar-refractivity contribution in [3.05, 3.63) is 28.8 Å². The lowest BCUT2D eigenvalue weighted by Crippen LogP contribution is -2.03. The maximum Gasteiger partial charge on any atom is 0.119 e. The van der Waals surface area contributed by atoms with Gasteiger partial charge in [0.2, 0.25) is 0 Å². The topological polar surface area (TPSA) is 20.2 Å². The van der Waals surface area contributed by atoms with Crippen LogP contribution < -0.4 is 0 Å². The quantitative estimate of drug-likeness (QED) is 0.176. The molecule has 0 bridgehead atoms. The highest BCUT2D eigenvalue weighted by atomic mass is 16.3. The number of phenols is 1. The second kappa shape index (κ2) is 19.2. The van der Waals surface area contributed by atoms with Gasteiger partial charge < -0.3 is 5.11 Å². The summed E-state index contributed by atoms with van der Waals surface area (Å²) in [6.07, 6.45) is 23.3.